The van der Waals surface area contributed by atoms with Gasteiger partial charge in [-0.05, 0) is 30.5 Å². The number of nitrogens with zero attached hydrogens (tertiary/aromatic N) is 1. The Kier molecular flexibility index (Phi) is 2.02. The molecule has 0 atom stereocenters. The number of rotatable bonds is 1. The van der Waals surface area contributed by atoms with Crippen molar-refractivity contribution in [2.45, 2.75) is 19.4 Å². The molecule has 0 saturated heterocycles. The maximum absolute atomic E-state index is 5.41. The number of methoxy groups -OCH3 is 1. The predicted molar refractivity (Wildman–Crippen MR) is 64.5 cm³/mol. The molecular weight excluding hydrogens is 254 g/mol. The van der Waals surface area contributed by atoms with E-state index in [2.05, 4.69) is 38.8 Å². The maximum atomic E-state index is 5.41. The average molecular weight is 266 g/mol. The lowest BCUT2D eigenvalue weighted by Crippen LogP contribution is -2.06. The third-order valence-electron chi connectivity index (χ3n) is 3.04. The number of halogens is 1. The minimum absolute atomic E-state index is 0.981. The lowest BCUT2D eigenvalue weighted by molar-refractivity contribution is 0.417. The zero-order chi connectivity index (χ0) is 10.4. The van der Waals surface area contributed by atoms with E-state index in [9.17, 15) is 0 Å². The summed E-state index contributed by atoms with van der Waals surface area (Å²) in [5, 5.41) is 1.22. The molecule has 2 heterocycles. The van der Waals surface area contributed by atoms with E-state index >= 15 is 0 Å². The van der Waals surface area contributed by atoms with E-state index in [1.807, 2.05) is 0 Å². The molecule has 0 aliphatic carbocycles. The van der Waals surface area contributed by atoms with E-state index in [4.69, 9.17) is 4.74 Å². The predicted octanol–water partition coefficient (Wildman–Crippen LogP) is 3.36. The highest BCUT2D eigenvalue weighted by Gasteiger charge is 2.17. The Balaban J connectivity index is 2.43. The number of hydrogen-bond acceptors (Lipinski definition) is 1. The molecule has 1 aliphatic rings. The molecule has 1 aromatic carbocycles. The standard InChI is InChI=1S/C12H12BrNO/c1-15-11-7-14-4-2-3-8-5-9(13)6-10(11)12(8)14/h5-7H,2-4H2,1H3. The highest BCUT2D eigenvalue weighted by Crippen LogP contribution is 2.36. The normalized spacial score (nSPS) is 14.5. The van der Waals surface area contributed by atoms with Gasteiger partial charge in [-0.2, -0.15) is 0 Å². The van der Waals surface area contributed by atoms with Gasteiger partial charge >= 0.3 is 0 Å². The molecule has 1 aromatic heterocycles. The van der Waals surface area contributed by atoms with Crippen LogP contribution in [0, 0.1) is 0 Å². The second kappa shape index (κ2) is 3.27. The van der Waals surface area contributed by atoms with Crippen LogP contribution in [-0.4, -0.2) is 11.7 Å². The van der Waals surface area contributed by atoms with Gasteiger partial charge in [-0.25, -0.2) is 0 Å². The summed E-state index contributed by atoms with van der Waals surface area (Å²) in [4.78, 5) is 0. The van der Waals surface area contributed by atoms with Crippen LogP contribution in [0.1, 0.15) is 12.0 Å². The summed E-state index contributed by atoms with van der Waals surface area (Å²) in [5.41, 5.74) is 2.77. The van der Waals surface area contributed by atoms with Crippen LogP contribution in [0.4, 0.5) is 0 Å². The second-order valence-corrected chi connectivity index (χ2v) is 4.87. The van der Waals surface area contributed by atoms with Crippen molar-refractivity contribution in [3.05, 3.63) is 28.4 Å². The molecule has 15 heavy (non-hydrogen) atoms. The molecule has 0 amide bonds. The minimum Gasteiger partial charge on any atom is -0.495 e. The van der Waals surface area contributed by atoms with Crippen molar-refractivity contribution in [3.63, 3.8) is 0 Å². The number of ether oxygens (including phenoxy) is 1. The Morgan fingerprint density at radius 1 is 1.40 bits per heavy atom. The van der Waals surface area contributed by atoms with Gasteiger partial charge in [0.2, 0.25) is 0 Å². The zero-order valence-electron chi connectivity index (χ0n) is 8.59. The summed E-state index contributed by atoms with van der Waals surface area (Å²) in [6, 6.07) is 4.36. The highest BCUT2D eigenvalue weighted by atomic mass is 79.9. The van der Waals surface area contributed by atoms with Gasteiger partial charge in [-0.3, -0.25) is 0 Å². The van der Waals surface area contributed by atoms with Crippen molar-refractivity contribution in [1.29, 1.82) is 0 Å². The molecule has 2 aromatic rings. The quantitative estimate of drug-likeness (QED) is 0.772. The first-order valence-electron chi connectivity index (χ1n) is 5.15. The van der Waals surface area contributed by atoms with Gasteiger partial charge in [0.1, 0.15) is 5.75 Å². The molecule has 0 saturated carbocycles. The van der Waals surface area contributed by atoms with E-state index in [0.29, 0.717) is 0 Å². The summed E-state index contributed by atoms with van der Waals surface area (Å²) in [6.07, 6.45) is 4.50. The Morgan fingerprint density at radius 3 is 3.07 bits per heavy atom. The second-order valence-electron chi connectivity index (χ2n) is 3.96. The number of aryl methyl sites for hydroxylation is 2. The zero-order valence-corrected chi connectivity index (χ0v) is 10.2. The molecule has 0 bridgehead atoms. The van der Waals surface area contributed by atoms with Crippen LogP contribution in [0.2, 0.25) is 0 Å². The molecule has 3 rings (SSSR count). The van der Waals surface area contributed by atoms with Gasteiger partial charge in [0, 0.05) is 22.6 Å². The van der Waals surface area contributed by atoms with Crippen molar-refractivity contribution < 1.29 is 4.74 Å². The van der Waals surface area contributed by atoms with Gasteiger partial charge < -0.3 is 9.30 Å². The smallest absolute Gasteiger partial charge is 0.144 e. The molecule has 3 heteroatoms. The SMILES string of the molecule is COc1cn2c3c(cc(Br)cc13)CCC2. The van der Waals surface area contributed by atoms with E-state index in [1.165, 1.54) is 29.3 Å². The molecule has 0 unspecified atom stereocenters. The van der Waals surface area contributed by atoms with Crippen molar-refractivity contribution in [2.24, 2.45) is 0 Å². The molecule has 0 spiro atoms. The Hall–Kier alpha value is -0.960. The fourth-order valence-electron chi connectivity index (χ4n) is 2.43. The van der Waals surface area contributed by atoms with E-state index < -0.39 is 0 Å². The van der Waals surface area contributed by atoms with Crippen LogP contribution in [0.15, 0.2) is 22.8 Å². The van der Waals surface area contributed by atoms with Gasteiger partial charge in [0.15, 0.2) is 0 Å². The summed E-state index contributed by atoms with van der Waals surface area (Å²) < 4.78 is 8.85. The lowest BCUT2D eigenvalue weighted by Gasteiger charge is -2.15. The van der Waals surface area contributed by atoms with Gasteiger partial charge in [0.05, 0.1) is 12.6 Å². The lowest BCUT2D eigenvalue weighted by atomic mass is 10.0. The summed E-state index contributed by atoms with van der Waals surface area (Å²) >= 11 is 3.56. The fraction of sp³-hybridized carbons (Fsp3) is 0.333. The summed E-state index contributed by atoms with van der Waals surface area (Å²) in [5.74, 6) is 0.981. The first-order chi connectivity index (χ1) is 7.29. The van der Waals surface area contributed by atoms with Crippen LogP contribution in [0.5, 0.6) is 5.75 Å². The summed E-state index contributed by atoms with van der Waals surface area (Å²) in [7, 11) is 1.73. The summed E-state index contributed by atoms with van der Waals surface area (Å²) in [6.45, 7) is 1.11. The number of benzene rings is 1. The molecule has 0 fully saturated rings. The first kappa shape index (κ1) is 9.28. The molecule has 0 radical (unpaired) electrons. The largest absolute Gasteiger partial charge is 0.495 e. The van der Waals surface area contributed by atoms with Crippen LogP contribution < -0.4 is 4.74 Å². The number of aromatic nitrogens is 1. The van der Waals surface area contributed by atoms with Crippen molar-refractivity contribution in [2.75, 3.05) is 7.11 Å². The van der Waals surface area contributed by atoms with Crippen LogP contribution in [-0.2, 0) is 13.0 Å². The van der Waals surface area contributed by atoms with Gasteiger partial charge in [0.25, 0.3) is 0 Å². The fourth-order valence-corrected chi connectivity index (χ4v) is 2.93. The molecule has 2 nitrogen and oxygen atoms in total. The first-order valence-corrected chi connectivity index (χ1v) is 5.94. The topological polar surface area (TPSA) is 14.2 Å². The van der Waals surface area contributed by atoms with Gasteiger partial charge in [-0.15, -0.1) is 0 Å². The van der Waals surface area contributed by atoms with Gasteiger partial charge in [-0.1, -0.05) is 15.9 Å². The molecular formula is C12H12BrNO. The van der Waals surface area contributed by atoms with E-state index in [0.717, 1.165) is 16.8 Å². The van der Waals surface area contributed by atoms with Crippen LogP contribution in [0.25, 0.3) is 10.9 Å². The third kappa shape index (κ3) is 1.29. The molecule has 1 aliphatic heterocycles. The van der Waals surface area contributed by atoms with Crippen molar-refractivity contribution >= 4 is 26.8 Å². The average Bonchev–Trinajstić information content (AvgIpc) is 2.58. The van der Waals surface area contributed by atoms with Crippen LogP contribution >= 0.6 is 15.9 Å². The maximum Gasteiger partial charge on any atom is 0.144 e. The number of hydrogen-bond donors (Lipinski definition) is 0. The molecule has 78 valence electrons. The Bertz CT molecular complexity index is 530. The third-order valence-corrected chi connectivity index (χ3v) is 3.50. The Labute approximate surface area is 97.0 Å². The van der Waals surface area contributed by atoms with Crippen LogP contribution in [0.3, 0.4) is 0 Å². The van der Waals surface area contributed by atoms with E-state index in [1.54, 1.807) is 7.11 Å². The van der Waals surface area contributed by atoms with E-state index in [-0.39, 0.29) is 0 Å². The van der Waals surface area contributed by atoms with Crippen molar-refractivity contribution in [1.82, 2.24) is 4.57 Å². The minimum atomic E-state index is 0.981. The highest BCUT2D eigenvalue weighted by molar-refractivity contribution is 9.10. The molecule has 0 N–H and O–H groups in total. The monoisotopic (exact) mass is 265 g/mol. The van der Waals surface area contributed by atoms with Crippen molar-refractivity contribution in [3.8, 4) is 5.75 Å². The Morgan fingerprint density at radius 2 is 2.27 bits per heavy atom.